The molecule has 0 radical (unpaired) electrons. The van der Waals surface area contributed by atoms with E-state index in [2.05, 4.69) is 0 Å². The maximum Gasteiger partial charge on any atom is 0.345 e. The summed E-state index contributed by atoms with van der Waals surface area (Å²) in [6.45, 7) is 8.51. The summed E-state index contributed by atoms with van der Waals surface area (Å²) in [5, 5.41) is 0. The molecule has 0 heterocycles. The molecule has 19 heavy (non-hydrogen) atoms. The molecule has 0 aromatic rings. The molecule has 0 N–H and O–H groups in total. The molecular weight excluding hydrogens is 244 g/mol. The summed E-state index contributed by atoms with van der Waals surface area (Å²) in [6, 6.07) is 0. The van der Waals surface area contributed by atoms with Crippen LogP contribution in [0.15, 0.2) is 11.6 Å². The van der Waals surface area contributed by atoms with Crippen LogP contribution < -0.4 is 0 Å². The molecule has 0 saturated heterocycles. The van der Waals surface area contributed by atoms with Gasteiger partial charge in [-0.2, -0.15) is 0 Å². The van der Waals surface area contributed by atoms with Gasteiger partial charge >= 0.3 is 11.9 Å². The van der Waals surface area contributed by atoms with Crippen LogP contribution in [-0.4, -0.2) is 25.2 Å². The molecule has 4 heteroatoms. The number of ether oxygens (including phenoxy) is 2. The number of carbonyl (C=O) groups excluding carboxylic acids is 2. The van der Waals surface area contributed by atoms with Crippen molar-refractivity contribution in [1.82, 2.24) is 0 Å². The first-order valence-corrected chi connectivity index (χ1v) is 7.16. The van der Waals surface area contributed by atoms with Gasteiger partial charge in [-0.1, -0.05) is 33.8 Å². The maximum atomic E-state index is 11.9. The van der Waals surface area contributed by atoms with Crippen molar-refractivity contribution < 1.29 is 19.1 Å². The fraction of sp³-hybridized carbons (Fsp3) is 0.733. The Labute approximate surface area is 116 Å². The van der Waals surface area contributed by atoms with E-state index in [0.29, 0.717) is 13.2 Å². The third-order valence-electron chi connectivity index (χ3n) is 2.77. The highest BCUT2D eigenvalue weighted by molar-refractivity contribution is 6.14. The summed E-state index contributed by atoms with van der Waals surface area (Å²) in [4.78, 5) is 23.8. The predicted octanol–water partition coefficient (Wildman–Crippen LogP) is 3.26. The van der Waals surface area contributed by atoms with Crippen molar-refractivity contribution in [1.29, 1.82) is 0 Å². The smallest absolute Gasteiger partial charge is 0.345 e. The van der Waals surface area contributed by atoms with Gasteiger partial charge in [-0.05, 0) is 31.6 Å². The molecular formula is C15H26O4. The van der Waals surface area contributed by atoms with Crippen molar-refractivity contribution >= 4 is 11.9 Å². The second kappa shape index (κ2) is 10.6. The lowest BCUT2D eigenvalue weighted by Crippen LogP contribution is -2.20. The minimum atomic E-state index is -0.574. The van der Waals surface area contributed by atoms with E-state index in [0.717, 1.165) is 25.7 Å². The minimum Gasteiger partial charge on any atom is -0.462 e. The van der Waals surface area contributed by atoms with Crippen molar-refractivity contribution in [3.8, 4) is 0 Å². The molecule has 0 amide bonds. The number of esters is 2. The number of allylic oxidation sites excluding steroid dienone is 1. The second-order valence-corrected chi connectivity index (χ2v) is 4.43. The third-order valence-corrected chi connectivity index (χ3v) is 2.77. The van der Waals surface area contributed by atoms with Crippen LogP contribution in [0.4, 0.5) is 0 Å². The molecule has 0 rings (SSSR count). The van der Waals surface area contributed by atoms with Crippen molar-refractivity contribution in [3.63, 3.8) is 0 Å². The predicted molar refractivity (Wildman–Crippen MR) is 74.7 cm³/mol. The quantitative estimate of drug-likeness (QED) is 0.279. The van der Waals surface area contributed by atoms with Gasteiger partial charge in [-0.25, -0.2) is 9.59 Å². The van der Waals surface area contributed by atoms with Crippen LogP contribution in [0.25, 0.3) is 0 Å². The topological polar surface area (TPSA) is 52.6 Å². The van der Waals surface area contributed by atoms with Gasteiger partial charge in [0.15, 0.2) is 0 Å². The summed E-state index contributed by atoms with van der Waals surface area (Å²) in [6.07, 6.45) is 4.91. The van der Waals surface area contributed by atoms with E-state index in [1.807, 2.05) is 27.7 Å². The third kappa shape index (κ3) is 6.99. The first-order chi connectivity index (χ1) is 9.10. The zero-order valence-corrected chi connectivity index (χ0v) is 12.5. The van der Waals surface area contributed by atoms with Gasteiger partial charge in [0, 0.05) is 0 Å². The minimum absolute atomic E-state index is 0.0376. The van der Waals surface area contributed by atoms with E-state index in [4.69, 9.17) is 9.47 Å². The highest BCUT2D eigenvalue weighted by atomic mass is 16.6. The molecule has 0 aliphatic heterocycles. The molecule has 110 valence electrons. The SMILES string of the molecule is CCCOC(=O)C(=CC(CC)CC)C(=O)OCCC. The fourth-order valence-corrected chi connectivity index (χ4v) is 1.52. The highest BCUT2D eigenvalue weighted by Gasteiger charge is 2.22. The Hall–Kier alpha value is -1.32. The Bertz CT molecular complexity index is 281. The summed E-state index contributed by atoms with van der Waals surface area (Å²) in [5.41, 5.74) is 0.0376. The number of carbonyl (C=O) groups is 2. The second-order valence-electron chi connectivity index (χ2n) is 4.43. The van der Waals surface area contributed by atoms with E-state index < -0.39 is 11.9 Å². The van der Waals surface area contributed by atoms with Gasteiger partial charge in [-0.15, -0.1) is 0 Å². The molecule has 0 unspecified atom stereocenters. The van der Waals surface area contributed by atoms with E-state index in [1.54, 1.807) is 6.08 Å². The Morgan fingerprint density at radius 3 is 1.63 bits per heavy atom. The van der Waals surface area contributed by atoms with Crippen molar-refractivity contribution in [3.05, 3.63) is 11.6 Å². The zero-order valence-electron chi connectivity index (χ0n) is 12.5. The zero-order chi connectivity index (χ0) is 14.7. The van der Waals surface area contributed by atoms with E-state index in [1.165, 1.54) is 0 Å². The van der Waals surface area contributed by atoms with Gasteiger partial charge in [0.25, 0.3) is 0 Å². The summed E-state index contributed by atoms with van der Waals surface area (Å²) >= 11 is 0. The Morgan fingerprint density at radius 2 is 1.32 bits per heavy atom. The molecule has 0 spiro atoms. The lowest BCUT2D eigenvalue weighted by atomic mass is 10.00. The van der Waals surface area contributed by atoms with E-state index in [-0.39, 0.29) is 11.5 Å². The normalized spacial score (nSPS) is 10.2. The number of rotatable bonds is 9. The Morgan fingerprint density at radius 1 is 0.895 bits per heavy atom. The molecule has 4 nitrogen and oxygen atoms in total. The van der Waals surface area contributed by atoms with Crippen LogP contribution in [0.2, 0.25) is 0 Å². The standard InChI is InChI=1S/C15H26O4/c1-5-9-18-14(16)13(11-12(7-3)8-4)15(17)19-10-6-2/h11-12H,5-10H2,1-4H3. The first-order valence-electron chi connectivity index (χ1n) is 7.16. The van der Waals surface area contributed by atoms with Gasteiger partial charge in [0.1, 0.15) is 5.57 Å². The molecule has 0 saturated carbocycles. The van der Waals surface area contributed by atoms with Gasteiger partial charge in [0.2, 0.25) is 0 Å². The number of hydrogen-bond donors (Lipinski definition) is 0. The highest BCUT2D eigenvalue weighted by Crippen LogP contribution is 2.14. The van der Waals surface area contributed by atoms with Crippen LogP contribution in [0.5, 0.6) is 0 Å². The van der Waals surface area contributed by atoms with Gasteiger partial charge < -0.3 is 9.47 Å². The summed E-state index contributed by atoms with van der Waals surface area (Å²) in [7, 11) is 0. The summed E-state index contributed by atoms with van der Waals surface area (Å²) < 4.78 is 10.1. The molecule has 0 fully saturated rings. The molecule has 0 atom stereocenters. The molecule has 0 aliphatic carbocycles. The monoisotopic (exact) mass is 270 g/mol. The average Bonchev–Trinajstić information content (AvgIpc) is 2.43. The molecule has 0 aromatic carbocycles. The molecule has 0 bridgehead atoms. The first kappa shape index (κ1) is 17.7. The van der Waals surface area contributed by atoms with Crippen LogP contribution >= 0.6 is 0 Å². The Balaban J connectivity index is 4.90. The van der Waals surface area contributed by atoms with E-state index in [9.17, 15) is 9.59 Å². The average molecular weight is 270 g/mol. The summed E-state index contributed by atoms with van der Waals surface area (Å²) in [5.74, 6) is -0.956. The van der Waals surface area contributed by atoms with Crippen LogP contribution in [0.1, 0.15) is 53.4 Å². The van der Waals surface area contributed by atoms with Crippen LogP contribution in [-0.2, 0) is 19.1 Å². The van der Waals surface area contributed by atoms with Crippen molar-refractivity contribution in [2.45, 2.75) is 53.4 Å². The number of hydrogen-bond acceptors (Lipinski definition) is 4. The van der Waals surface area contributed by atoms with Crippen LogP contribution in [0.3, 0.4) is 0 Å². The van der Waals surface area contributed by atoms with E-state index >= 15 is 0 Å². The Kier molecular flexibility index (Phi) is 9.85. The molecule has 0 aromatic heterocycles. The lowest BCUT2D eigenvalue weighted by molar-refractivity contribution is -0.147. The van der Waals surface area contributed by atoms with Crippen molar-refractivity contribution in [2.75, 3.05) is 13.2 Å². The maximum absolute atomic E-state index is 11.9. The van der Waals surface area contributed by atoms with Gasteiger partial charge in [0.05, 0.1) is 13.2 Å². The van der Waals surface area contributed by atoms with Crippen LogP contribution in [0, 0.1) is 5.92 Å². The largest absolute Gasteiger partial charge is 0.462 e. The van der Waals surface area contributed by atoms with Crippen molar-refractivity contribution in [2.24, 2.45) is 5.92 Å². The fourth-order valence-electron chi connectivity index (χ4n) is 1.52. The lowest BCUT2D eigenvalue weighted by Gasteiger charge is -2.11. The van der Waals surface area contributed by atoms with Gasteiger partial charge in [-0.3, -0.25) is 0 Å². The molecule has 0 aliphatic rings.